The molecule has 3 rings (SSSR count). The standard InChI is InChI=1S/C17H21N3O/c1-3-15-16(18-4-2)19-11-20-17(15)21-14-9-8-12-6-5-7-13(12)10-14/h8-11H,3-7H2,1-2H3,(H,18,19,20). The Kier molecular flexibility index (Phi) is 4.04. The maximum absolute atomic E-state index is 6.02. The van der Waals surface area contributed by atoms with Gasteiger partial charge in [-0.15, -0.1) is 0 Å². The fourth-order valence-corrected chi connectivity index (χ4v) is 2.85. The molecule has 0 fully saturated rings. The number of aromatic nitrogens is 2. The fourth-order valence-electron chi connectivity index (χ4n) is 2.85. The van der Waals surface area contributed by atoms with Crippen molar-refractivity contribution in [1.82, 2.24) is 9.97 Å². The monoisotopic (exact) mass is 283 g/mol. The van der Waals surface area contributed by atoms with Crippen molar-refractivity contribution in [2.45, 2.75) is 39.5 Å². The quantitative estimate of drug-likeness (QED) is 0.907. The van der Waals surface area contributed by atoms with Crippen LogP contribution in [0.1, 0.15) is 37.0 Å². The van der Waals surface area contributed by atoms with Gasteiger partial charge < -0.3 is 10.1 Å². The average Bonchev–Trinajstić information content (AvgIpc) is 2.95. The molecule has 4 nitrogen and oxygen atoms in total. The second kappa shape index (κ2) is 6.12. The first-order chi connectivity index (χ1) is 10.3. The second-order valence-corrected chi connectivity index (χ2v) is 5.28. The van der Waals surface area contributed by atoms with E-state index in [2.05, 4.69) is 41.3 Å². The Balaban J connectivity index is 1.89. The molecule has 0 spiro atoms. The third kappa shape index (κ3) is 2.84. The highest BCUT2D eigenvalue weighted by Gasteiger charge is 2.14. The maximum atomic E-state index is 6.02. The SMILES string of the molecule is CCNc1ncnc(Oc2ccc3c(c2)CCC3)c1CC. The molecule has 0 atom stereocenters. The summed E-state index contributed by atoms with van der Waals surface area (Å²) >= 11 is 0. The molecule has 0 radical (unpaired) electrons. The smallest absolute Gasteiger partial charge is 0.227 e. The predicted molar refractivity (Wildman–Crippen MR) is 84.1 cm³/mol. The maximum Gasteiger partial charge on any atom is 0.227 e. The zero-order chi connectivity index (χ0) is 14.7. The molecule has 0 bridgehead atoms. The van der Waals surface area contributed by atoms with E-state index in [-0.39, 0.29) is 0 Å². The van der Waals surface area contributed by atoms with E-state index in [1.165, 1.54) is 24.0 Å². The molecule has 110 valence electrons. The molecule has 0 saturated heterocycles. The fraction of sp³-hybridized carbons (Fsp3) is 0.412. The Morgan fingerprint density at radius 3 is 2.81 bits per heavy atom. The van der Waals surface area contributed by atoms with Crippen LogP contribution in [-0.2, 0) is 19.3 Å². The Labute approximate surface area is 125 Å². The van der Waals surface area contributed by atoms with Gasteiger partial charge >= 0.3 is 0 Å². The first kappa shape index (κ1) is 13.9. The number of nitrogens with zero attached hydrogens (tertiary/aromatic N) is 2. The molecule has 0 saturated carbocycles. The summed E-state index contributed by atoms with van der Waals surface area (Å²) in [6, 6.07) is 6.37. The highest BCUT2D eigenvalue weighted by molar-refractivity contribution is 5.50. The summed E-state index contributed by atoms with van der Waals surface area (Å²) in [6.07, 6.45) is 5.98. The summed E-state index contributed by atoms with van der Waals surface area (Å²) < 4.78 is 6.02. The summed E-state index contributed by atoms with van der Waals surface area (Å²) in [4.78, 5) is 8.61. The Hall–Kier alpha value is -2.10. The van der Waals surface area contributed by atoms with E-state index >= 15 is 0 Å². The van der Waals surface area contributed by atoms with Crippen molar-refractivity contribution in [2.24, 2.45) is 0 Å². The van der Waals surface area contributed by atoms with E-state index < -0.39 is 0 Å². The van der Waals surface area contributed by atoms with Gasteiger partial charge in [0.05, 0.1) is 5.56 Å². The van der Waals surface area contributed by atoms with Gasteiger partial charge in [-0.05, 0) is 55.9 Å². The molecule has 0 unspecified atom stereocenters. The van der Waals surface area contributed by atoms with Crippen LogP contribution in [0.2, 0.25) is 0 Å². The topological polar surface area (TPSA) is 47.0 Å². The highest BCUT2D eigenvalue weighted by Crippen LogP contribution is 2.31. The van der Waals surface area contributed by atoms with Crippen LogP contribution in [0.5, 0.6) is 11.6 Å². The molecule has 21 heavy (non-hydrogen) atoms. The number of anilines is 1. The Morgan fingerprint density at radius 2 is 2.00 bits per heavy atom. The number of aryl methyl sites for hydroxylation is 2. The number of ether oxygens (including phenoxy) is 1. The molecule has 1 aliphatic carbocycles. The number of rotatable bonds is 5. The molecule has 2 aromatic rings. The van der Waals surface area contributed by atoms with E-state index in [1.54, 1.807) is 6.33 Å². The van der Waals surface area contributed by atoms with Gasteiger partial charge in [0.25, 0.3) is 0 Å². The van der Waals surface area contributed by atoms with E-state index in [4.69, 9.17) is 4.74 Å². The number of hydrogen-bond donors (Lipinski definition) is 1. The summed E-state index contributed by atoms with van der Waals surface area (Å²) in [5.74, 6) is 2.39. The van der Waals surface area contributed by atoms with Crippen LogP contribution in [0.4, 0.5) is 5.82 Å². The highest BCUT2D eigenvalue weighted by atomic mass is 16.5. The van der Waals surface area contributed by atoms with Crippen LogP contribution in [0.25, 0.3) is 0 Å². The molecule has 1 aromatic carbocycles. The van der Waals surface area contributed by atoms with Crippen molar-refractivity contribution in [3.63, 3.8) is 0 Å². The van der Waals surface area contributed by atoms with Crippen LogP contribution in [-0.4, -0.2) is 16.5 Å². The minimum Gasteiger partial charge on any atom is -0.439 e. The molecule has 0 amide bonds. The second-order valence-electron chi connectivity index (χ2n) is 5.28. The van der Waals surface area contributed by atoms with Gasteiger partial charge in [-0.25, -0.2) is 9.97 Å². The molecule has 1 heterocycles. The van der Waals surface area contributed by atoms with Gasteiger partial charge in [-0.2, -0.15) is 0 Å². The zero-order valence-corrected chi connectivity index (χ0v) is 12.6. The first-order valence-corrected chi connectivity index (χ1v) is 7.69. The van der Waals surface area contributed by atoms with Gasteiger partial charge in [0.2, 0.25) is 5.88 Å². The van der Waals surface area contributed by atoms with E-state index in [9.17, 15) is 0 Å². The minimum absolute atomic E-state index is 0.654. The summed E-state index contributed by atoms with van der Waals surface area (Å²) in [6.45, 7) is 4.99. The lowest BCUT2D eigenvalue weighted by Gasteiger charge is -2.13. The lowest BCUT2D eigenvalue weighted by Crippen LogP contribution is -2.05. The van der Waals surface area contributed by atoms with Crippen LogP contribution >= 0.6 is 0 Å². The van der Waals surface area contributed by atoms with Crippen LogP contribution in [0.15, 0.2) is 24.5 Å². The molecule has 1 aromatic heterocycles. The largest absolute Gasteiger partial charge is 0.439 e. The number of fused-ring (bicyclic) bond motifs is 1. The van der Waals surface area contributed by atoms with Crippen molar-refractivity contribution in [3.8, 4) is 11.6 Å². The average molecular weight is 283 g/mol. The van der Waals surface area contributed by atoms with Crippen LogP contribution in [0.3, 0.4) is 0 Å². The summed E-state index contributed by atoms with van der Waals surface area (Å²) in [5.41, 5.74) is 3.89. The summed E-state index contributed by atoms with van der Waals surface area (Å²) in [7, 11) is 0. The van der Waals surface area contributed by atoms with Gasteiger partial charge in [-0.1, -0.05) is 13.0 Å². The Bertz CT molecular complexity index is 640. The van der Waals surface area contributed by atoms with Crippen molar-refractivity contribution < 1.29 is 4.74 Å². The van der Waals surface area contributed by atoms with E-state index in [0.717, 1.165) is 36.5 Å². The minimum atomic E-state index is 0.654. The van der Waals surface area contributed by atoms with E-state index in [0.29, 0.717) is 5.88 Å². The Morgan fingerprint density at radius 1 is 1.14 bits per heavy atom. The van der Waals surface area contributed by atoms with Crippen molar-refractivity contribution in [2.75, 3.05) is 11.9 Å². The van der Waals surface area contributed by atoms with Crippen molar-refractivity contribution in [1.29, 1.82) is 0 Å². The van der Waals surface area contributed by atoms with Gasteiger partial charge in [0.15, 0.2) is 0 Å². The third-order valence-corrected chi connectivity index (χ3v) is 3.89. The molecular formula is C17H21N3O. The first-order valence-electron chi connectivity index (χ1n) is 7.69. The third-order valence-electron chi connectivity index (χ3n) is 3.89. The molecule has 1 N–H and O–H groups in total. The van der Waals surface area contributed by atoms with E-state index in [1.807, 2.05) is 6.07 Å². The lowest BCUT2D eigenvalue weighted by atomic mass is 10.1. The van der Waals surface area contributed by atoms with Crippen molar-refractivity contribution >= 4 is 5.82 Å². The predicted octanol–water partition coefficient (Wildman–Crippen LogP) is 3.75. The van der Waals surface area contributed by atoms with Gasteiger partial charge in [0, 0.05) is 6.54 Å². The molecule has 4 heteroatoms. The molecular weight excluding hydrogens is 262 g/mol. The zero-order valence-electron chi connectivity index (χ0n) is 12.6. The lowest BCUT2D eigenvalue weighted by molar-refractivity contribution is 0.455. The van der Waals surface area contributed by atoms with Gasteiger partial charge in [0.1, 0.15) is 17.9 Å². The molecule has 0 aliphatic heterocycles. The summed E-state index contributed by atoms with van der Waals surface area (Å²) in [5, 5.41) is 3.26. The van der Waals surface area contributed by atoms with Gasteiger partial charge in [-0.3, -0.25) is 0 Å². The number of benzene rings is 1. The van der Waals surface area contributed by atoms with Crippen LogP contribution in [0, 0.1) is 0 Å². The number of hydrogen-bond acceptors (Lipinski definition) is 4. The molecule has 1 aliphatic rings. The van der Waals surface area contributed by atoms with Crippen LogP contribution < -0.4 is 10.1 Å². The van der Waals surface area contributed by atoms with Crippen molar-refractivity contribution in [3.05, 3.63) is 41.2 Å². The number of nitrogens with one attached hydrogen (secondary N) is 1. The normalized spacial score (nSPS) is 13.0.